The molecule has 0 saturated carbocycles. The highest BCUT2D eigenvalue weighted by atomic mass is 32.2. The van der Waals surface area contributed by atoms with Gasteiger partial charge in [-0.15, -0.1) is 0 Å². The molecule has 21 heavy (non-hydrogen) atoms. The number of hydrogen-bond acceptors (Lipinski definition) is 2. The second kappa shape index (κ2) is 6.00. The van der Waals surface area contributed by atoms with E-state index in [0.717, 1.165) is 11.1 Å². The van der Waals surface area contributed by atoms with Gasteiger partial charge in [0.1, 0.15) is 0 Å². The maximum absolute atomic E-state index is 12.4. The molecule has 0 radical (unpaired) electrons. The maximum atomic E-state index is 12.4. The molecule has 0 fully saturated rings. The molecule has 2 aromatic rings. The van der Waals surface area contributed by atoms with Crippen molar-refractivity contribution < 1.29 is 8.42 Å². The second-order valence-corrected chi connectivity index (χ2v) is 7.58. The SMILES string of the molecule is Cc1ccccc1S(=O)(=O)NCC(C)(C)c1ccccc1. The van der Waals surface area contributed by atoms with E-state index >= 15 is 0 Å². The summed E-state index contributed by atoms with van der Waals surface area (Å²) in [6, 6.07) is 16.9. The first-order chi connectivity index (χ1) is 9.83. The molecule has 2 aromatic carbocycles. The monoisotopic (exact) mass is 303 g/mol. The fourth-order valence-corrected chi connectivity index (χ4v) is 3.66. The Labute approximate surface area is 127 Å². The Morgan fingerprint density at radius 2 is 1.52 bits per heavy atom. The molecule has 3 nitrogen and oxygen atoms in total. The topological polar surface area (TPSA) is 46.2 Å². The van der Waals surface area contributed by atoms with Crippen molar-refractivity contribution in [2.45, 2.75) is 31.1 Å². The Kier molecular flexibility index (Phi) is 4.49. The molecule has 0 saturated heterocycles. The Morgan fingerprint density at radius 3 is 2.14 bits per heavy atom. The lowest BCUT2D eigenvalue weighted by Gasteiger charge is -2.25. The summed E-state index contributed by atoms with van der Waals surface area (Å²) < 4.78 is 27.6. The minimum atomic E-state index is -3.48. The van der Waals surface area contributed by atoms with Crippen LogP contribution in [-0.4, -0.2) is 15.0 Å². The minimum Gasteiger partial charge on any atom is -0.210 e. The molecule has 112 valence electrons. The van der Waals surface area contributed by atoms with Crippen molar-refractivity contribution in [3.05, 3.63) is 65.7 Å². The third kappa shape index (κ3) is 3.71. The van der Waals surface area contributed by atoms with Crippen molar-refractivity contribution >= 4 is 10.0 Å². The Morgan fingerprint density at radius 1 is 0.952 bits per heavy atom. The molecular weight excluding hydrogens is 282 g/mol. The van der Waals surface area contributed by atoms with Crippen LogP contribution in [0.5, 0.6) is 0 Å². The van der Waals surface area contributed by atoms with E-state index in [0.29, 0.717) is 11.4 Å². The van der Waals surface area contributed by atoms with Crippen LogP contribution in [0.2, 0.25) is 0 Å². The lowest BCUT2D eigenvalue weighted by atomic mass is 9.85. The van der Waals surface area contributed by atoms with Crippen LogP contribution in [0.3, 0.4) is 0 Å². The Hall–Kier alpha value is -1.65. The highest BCUT2D eigenvalue weighted by molar-refractivity contribution is 7.89. The largest absolute Gasteiger partial charge is 0.240 e. The van der Waals surface area contributed by atoms with Gasteiger partial charge in [-0.3, -0.25) is 0 Å². The molecule has 0 spiro atoms. The average molecular weight is 303 g/mol. The smallest absolute Gasteiger partial charge is 0.210 e. The quantitative estimate of drug-likeness (QED) is 0.921. The van der Waals surface area contributed by atoms with E-state index in [-0.39, 0.29) is 5.41 Å². The molecule has 0 atom stereocenters. The van der Waals surface area contributed by atoms with Gasteiger partial charge in [-0.1, -0.05) is 62.4 Å². The van der Waals surface area contributed by atoms with E-state index in [9.17, 15) is 8.42 Å². The summed E-state index contributed by atoms with van der Waals surface area (Å²) in [7, 11) is -3.48. The molecule has 0 aliphatic heterocycles. The van der Waals surface area contributed by atoms with Gasteiger partial charge in [-0.25, -0.2) is 13.1 Å². The zero-order chi connectivity index (χ0) is 15.5. The maximum Gasteiger partial charge on any atom is 0.240 e. The summed E-state index contributed by atoms with van der Waals surface area (Å²) in [5, 5.41) is 0. The summed E-state index contributed by atoms with van der Waals surface area (Å²) in [6.45, 7) is 6.22. The van der Waals surface area contributed by atoms with Crippen molar-refractivity contribution in [1.82, 2.24) is 4.72 Å². The normalized spacial score (nSPS) is 12.3. The Bertz CT molecular complexity index is 707. The molecule has 0 aromatic heterocycles. The highest BCUT2D eigenvalue weighted by Gasteiger charge is 2.24. The first kappa shape index (κ1) is 15.7. The first-order valence-electron chi connectivity index (χ1n) is 6.94. The van der Waals surface area contributed by atoms with Crippen LogP contribution in [0, 0.1) is 6.92 Å². The van der Waals surface area contributed by atoms with Gasteiger partial charge in [0.05, 0.1) is 4.90 Å². The highest BCUT2D eigenvalue weighted by Crippen LogP contribution is 2.23. The van der Waals surface area contributed by atoms with Crippen LogP contribution in [0.4, 0.5) is 0 Å². The predicted molar refractivity (Wildman–Crippen MR) is 85.8 cm³/mol. The molecule has 0 amide bonds. The van der Waals surface area contributed by atoms with Crippen LogP contribution in [0.25, 0.3) is 0 Å². The van der Waals surface area contributed by atoms with Crippen LogP contribution in [0.15, 0.2) is 59.5 Å². The lowest BCUT2D eigenvalue weighted by molar-refractivity contribution is 0.501. The number of benzene rings is 2. The van der Waals surface area contributed by atoms with Crippen LogP contribution < -0.4 is 4.72 Å². The van der Waals surface area contributed by atoms with Gasteiger partial charge < -0.3 is 0 Å². The zero-order valence-corrected chi connectivity index (χ0v) is 13.4. The molecule has 4 heteroatoms. The molecule has 1 N–H and O–H groups in total. The van der Waals surface area contributed by atoms with Gasteiger partial charge in [0.2, 0.25) is 10.0 Å². The molecule has 0 aliphatic carbocycles. The van der Waals surface area contributed by atoms with E-state index in [1.165, 1.54) is 0 Å². The van der Waals surface area contributed by atoms with Gasteiger partial charge in [-0.05, 0) is 24.1 Å². The van der Waals surface area contributed by atoms with E-state index in [1.54, 1.807) is 25.1 Å². The van der Waals surface area contributed by atoms with Crippen LogP contribution in [0.1, 0.15) is 25.0 Å². The van der Waals surface area contributed by atoms with Crippen LogP contribution >= 0.6 is 0 Å². The first-order valence-corrected chi connectivity index (χ1v) is 8.42. The van der Waals surface area contributed by atoms with E-state index in [2.05, 4.69) is 4.72 Å². The van der Waals surface area contributed by atoms with Gasteiger partial charge >= 0.3 is 0 Å². The fourth-order valence-electron chi connectivity index (χ4n) is 2.20. The summed E-state index contributed by atoms with van der Waals surface area (Å²) in [4.78, 5) is 0.342. The Balaban J connectivity index is 2.18. The summed E-state index contributed by atoms with van der Waals surface area (Å²) >= 11 is 0. The minimum absolute atomic E-state index is 0.267. The van der Waals surface area contributed by atoms with E-state index in [1.807, 2.05) is 50.2 Å². The number of sulfonamides is 1. The van der Waals surface area contributed by atoms with Crippen molar-refractivity contribution in [2.24, 2.45) is 0 Å². The predicted octanol–water partition coefficient (Wildman–Crippen LogP) is 3.25. The van der Waals surface area contributed by atoms with Gasteiger partial charge in [0.15, 0.2) is 0 Å². The standard InChI is InChI=1S/C17H21NO2S/c1-14-9-7-8-12-16(14)21(19,20)18-13-17(2,3)15-10-5-4-6-11-15/h4-12,18H,13H2,1-3H3. The van der Waals surface area contributed by atoms with E-state index < -0.39 is 10.0 Å². The van der Waals surface area contributed by atoms with Crippen molar-refractivity contribution in [2.75, 3.05) is 6.54 Å². The number of rotatable bonds is 5. The summed E-state index contributed by atoms with van der Waals surface area (Å²) in [5.41, 5.74) is 1.59. The molecular formula is C17H21NO2S. The molecule has 0 bridgehead atoms. The van der Waals surface area contributed by atoms with Crippen molar-refractivity contribution in [1.29, 1.82) is 0 Å². The number of aryl methyl sites for hydroxylation is 1. The van der Waals surface area contributed by atoms with Gasteiger partial charge in [-0.2, -0.15) is 0 Å². The lowest BCUT2D eigenvalue weighted by Crippen LogP contribution is -2.36. The second-order valence-electron chi connectivity index (χ2n) is 5.84. The third-order valence-corrected chi connectivity index (χ3v) is 5.20. The number of nitrogens with one attached hydrogen (secondary N) is 1. The summed E-state index contributed by atoms with van der Waals surface area (Å²) in [5.74, 6) is 0. The van der Waals surface area contributed by atoms with Gasteiger partial charge in [0, 0.05) is 12.0 Å². The zero-order valence-electron chi connectivity index (χ0n) is 12.6. The van der Waals surface area contributed by atoms with Gasteiger partial charge in [0.25, 0.3) is 0 Å². The summed E-state index contributed by atoms with van der Waals surface area (Å²) in [6.07, 6.45) is 0. The third-order valence-electron chi connectivity index (χ3n) is 3.64. The molecule has 0 heterocycles. The van der Waals surface area contributed by atoms with Crippen LogP contribution in [-0.2, 0) is 15.4 Å². The number of hydrogen-bond donors (Lipinski definition) is 1. The average Bonchev–Trinajstić information content (AvgIpc) is 2.47. The molecule has 2 rings (SSSR count). The van der Waals surface area contributed by atoms with Crippen molar-refractivity contribution in [3.8, 4) is 0 Å². The van der Waals surface area contributed by atoms with Crippen molar-refractivity contribution in [3.63, 3.8) is 0 Å². The molecule has 0 aliphatic rings. The fraction of sp³-hybridized carbons (Fsp3) is 0.294. The molecule has 0 unspecified atom stereocenters. The van der Waals surface area contributed by atoms with E-state index in [4.69, 9.17) is 0 Å².